The van der Waals surface area contributed by atoms with E-state index in [2.05, 4.69) is 15.0 Å². The van der Waals surface area contributed by atoms with Gasteiger partial charge < -0.3 is 4.98 Å². The number of rotatable bonds is 3. The van der Waals surface area contributed by atoms with Crippen LogP contribution in [0, 0.1) is 5.82 Å². The lowest BCUT2D eigenvalue weighted by atomic mass is 10.0. The molecule has 0 saturated heterocycles. The van der Waals surface area contributed by atoms with Crippen molar-refractivity contribution in [2.75, 3.05) is 6.54 Å². The summed E-state index contributed by atoms with van der Waals surface area (Å²) in [4.78, 5) is 25.6. The molecule has 0 bridgehead atoms. The van der Waals surface area contributed by atoms with Gasteiger partial charge in [0.25, 0.3) is 5.56 Å². The summed E-state index contributed by atoms with van der Waals surface area (Å²) in [6.07, 6.45) is -2.62. The second-order valence-electron chi connectivity index (χ2n) is 6.86. The molecule has 0 amide bonds. The van der Waals surface area contributed by atoms with Crippen molar-refractivity contribution >= 4 is 0 Å². The van der Waals surface area contributed by atoms with Crippen LogP contribution < -0.4 is 5.56 Å². The number of hydrogen-bond acceptors (Lipinski definition) is 4. The zero-order chi connectivity index (χ0) is 20.6. The molecule has 5 nitrogen and oxygen atoms in total. The first kappa shape index (κ1) is 19.3. The van der Waals surface area contributed by atoms with Crippen molar-refractivity contribution in [2.24, 2.45) is 0 Å². The van der Waals surface area contributed by atoms with E-state index in [1.54, 1.807) is 24.4 Å². The first-order chi connectivity index (χ1) is 13.8. The van der Waals surface area contributed by atoms with Gasteiger partial charge >= 0.3 is 6.18 Å². The molecule has 9 heteroatoms. The molecule has 3 heterocycles. The maximum Gasteiger partial charge on any atom is 0.416 e. The van der Waals surface area contributed by atoms with Gasteiger partial charge in [-0.2, -0.15) is 13.2 Å². The Morgan fingerprint density at radius 1 is 1.17 bits per heavy atom. The minimum absolute atomic E-state index is 0.119. The van der Waals surface area contributed by atoms with E-state index >= 15 is 0 Å². The van der Waals surface area contributed by atoms with Gasteiger partial charge in [-0.25, -0.2) is 9.37 Å². The van der Waals surface area contributed by atoms with E-state index in [4.69, 9.17) is 0 Å². The Balaban J connectivity index is 1.60. The summed E-state index contributed by atoms with van der Waals surface area (Å²) in [5, 5.41) is 0. The molecule has 1 aliphatic rings. The molecular weight excluding hydrogens is 388 g/mol. The highest BCUT2D eigenvalue weighted by molar-refractivity contribution is 5.49. The van der Waals surface area contributed by atoms with E-state index in [0.29, 0.717) is 41.8 Å². The molecule has 1 N–H and O–H groups in total. The normalized spacial score (nSPS) is 14.6. The molecule has 3 aromatic rings. The van der Waals surface area contributed by atoms with Crippen molar-refractivity contribution in [1.29, 1.82) is 0 Å². The average molecular weight is 404 g/mol. The quantitative estimate of drug-likeness (QED) is 0.679. The van der Waals surface area contributed by atoms with Gasteiger partial charge in [0.15, 0.2) is 5.82 Å². The second kappa shape index (κ2) is 7.40. The van der Waals surface area contributed by atoms with Crippen molar-refractivity contribution in [3.05, 3.63) is 81.2 Å². The lowest BCUT2D eigenvalue weighted by molar-refractivity contribution is -0.137. The van der Waals surface area contributed by atoms with Crippen LogP contribution in [-0.4, -0.2) is 26.4 Å². The predicted molar refractivity (Wildman–Crippen MR) is 97.3 cm³/mol. The molecule has 0 aliphatic carbocycles. The van der Waals surface area contributed by atoms with Crippen LogP contribution in [0.25, 0.3) is 11.5 Å². The highest BCUT2D eigenvalue weighted by Crippen LogP contribution is 2.31. The number of pyridine rings is 1. The minimum Gasteiger partial charge on any atom is -0.305 e. The van der Waals surface area contributed by atoms with Gasteiger partial charge in [0, 0.05) is 31.4 Å². The molecular formula is C20H16F4N4O. The fourth-order valence-corrected chi connectivity index (χ4v) is 3.42. The number of aromatic nitrogens is 3. The number of nitrogens with zero attached hydrogens (tertiary/aromatic N) is 3. The van der Waals surface area contributed by atoms with Gasteiger partial charge in [-0.1, -0.05) is 6.07 Å². The third-order valence-corrected chi connectivity index (χ3v) is 4.75. The lowest BCUT2D eigenvalue weighted by Gasteiger charge is -2.28. The van der Waals surface area contributed by atoms with Crippen molar-refractivity contribution in [3.8, 4) is 11.5 Å². The molecule has 0 atom stereocenters. The standard InChI is InChI=1S/C20H16F4N4O/c21-14-8-12(7-13(9-14)20(22,23)24)10-28-6-4-15-17(11-28)26-18(27-19(15)29)16-3-1-2-5-25-16/h1-3,5,7-9H,4,6,10-11H2,(H,26,27,29). The van der Waals surface area contributed by atoms with Gasteiger partial charge in [0.1, 0.15) is 11.5 Å². The van der Waals surface area contributed by atoms with E-state index in [1.807, 2.05) is 4.90 Å². The topological polar surface area (TPSA) is 61.9 Å². The monoisotopic (exact) mass is 404 g/mol. The molecule has 0 radical (unpaired) electrons. The zero-order valence-electron chi connectivity index (χ0n) is 15.1. The molecule has 150 valence electrons. The maximum atomic E-state index is 13.7. The molecule has 2 aromatic heterocycles. The Bertz CT molecular complexity index is 1100. The van der Waals surface area contributed by atoms with E-state index < -0.39 is 17.6 Å². The third-order valence-electron chi connectivity index (χ3n) is 4.75. The Kier molecular flexibility index (Phi) is 4.91. The number of halogens is 4. The zero-order valence-corrected chi connectivity index (χ0v) is 15.1. The Morgan fingerprint density at radius 2 is 2.00 bits per heavy atom. The highest BCUT2D eigenvalue weighted by Gasteiger charge is 2.31. The third kappa shape index (κ3) is 4.19. The van der Waals surface area contributed by atoms with Crippen LogP contribution in [0.4, 0.5) is 17.6 Å². The highest BCUT2D eigenvalue weighted by atomic mass is 19.4. The largest absolute Gasteiger partial charge is 0.416 e. The molecule has 0 spiro atoms. The number of hydrogen-bond donors (Lipinski definition) is 1. The van der Waals surface area contributed by atoms with Gasteiger partial charge in [-0.15, -0.1) is 0 Å². The van der Waals surface area contributed by atoms with Crippen LogP contribution in [0.3, 0.4) is 0 Å². The van der Waals surface area contributed by atoms with Gasteiger partial charge in [0.2, 0.25) is 0 Å². The first-order valence-corrected chi connectivity index (χ1v) is 8.92. The van der Waals surface area contributed by atoms with E-state index in [-0.39, 0.29) is 24.2 Å². The molecule has 1 aliphatic heterocycles. The summed E-state index contributed by atoms with van der Waals surface area (Å²) in [5.41, 5.74) is 0.571. The van der Waals surface area contributed by atoms with Gasteiger partial charge in [-0.3, -0.25) is 14.7 Å². The summed E-state index contributed by atoms with van der Waals surface area (Å²) in [7, 11) is 0. The number of alkyl halides is 3. The summed E-state index contributed by atoms with van der Waals surface area (Å²) < 4.78 is 52.5. The SMILES string of the molecule is O=c1[nH]c(-c2ccccn2)nc2c1CCN(Cc1cc(F)cc(C(F)(F)F)c1)C2. The lowest BCUT2D eigenvalue weighted by Crippen LogP contribution is -2.35. The fraction of sp³-hybridized carbons (Fsp3) is 0.250. The van der Waals surface area contributed by atoms with Crippen molar-refractivity contribution < 1.29 is 17.6 Å². The van der Waals surface area contributed by atoms with Gasteiger partial charge in [-0.05, 0) is 42.3 Å². The van der Waals surface area contributed by atoms with Crippen LogP contribution in [-0.2, 0) is 25.7 Å². The van der Waals surface area contributed by atoms with E-state index in [9.17, 15) is 22.4 Å². The molecule has 0 saturated carbocycles. The van der Waals surface area contributed by atoms with Crippen molar-refractivity contribution in [3.63, 3.8) is 0 Å². The number of benzene rings is 1. The smallest absolute Gasteiger partial charge is 0.305 e. The van der Waals surface area contributed by atoms with Crippen LogP contribution in [0.15, 0.2) is 47.4 Å². The molecule has 4 rings (SSSR count). The fourth-order valence-electron chi connectivity index (χ4n) is 3.42. The predicted octanol–water partition coefficient (Wildman–Crippen LogP) is 3.55. The summed E-state index contributed by atoms with van der Waals surface area (Å²) >= 11 is 0. The summed E-state index contributed by atoms with van der Waals surface area (Å²) in [5.74, 6) is -0.597. The Labute approximate surface area is 163 Å². The van der Waals surface area contributed by atoms with Gasteiger partial charge in [0.05, 0.1) is 11.3 Å². The molecule has 0 fully saturated rings. The first-order valence-electron chi connectivity index (χ1n) is 8.92. The molecule has 29 heavy (non-hydrogen) atoms. The number of aromatic amines is 1. The number of fused-ring (bicyclic) bond motifs is 1. The average Bonchev–Trinajstić information content (AvgIpc) is 2.67. The Hall–Kier alpha value is -3.07. The second-order valence-corrected chi connectivity index (χ2v) is 6.86. The van der Waals surface area contributed by atoms with Crippen LogP contribution in [0.2, 0.25) is 0 Å². The van der Waals surface area contributed by atoms with Crippen molar-refractivity contribution in [1.82, 2.24) is 19.9 Å². The van der Waals surface area contributed by atoms with Crippen LogP contribution in [0.1, 0.15) is 22.4 Å². The van der Waals surface area contributed by atoms with E-state index in [0.717, 1.165) is 12.1 Å². The summed E-state index contributed by atoms with van der Waals surface area (Å²) in [6, 6.07) is 7.76. The van der Waals surface area contributed by atoms with E-state index in [1.165, 1.54) is 0 Å². The number of nitrogens with one attached hydrogen (secondary N) is 1. The molecule has 0 unspecified atom stereocenters. The van der Waals surface area contributed by atoms with Crippen molar-refractivity contribution in [2.45, 2.75) is 25.7 Å². The minimum atomic E-state index is -4.61. The Morgan fingerprint density at radius 3 is 2.72 bits per heavy atom. The number of H-pyrrole nitrogens is 1. The van der Waals surface area contributed by atoms with Crippen LogP contribution in [0.5, 0.6) is 0 Å². The maximum absolute atomic E-state index is 13.7. The molecule has 1 aromatic carbocycles. The van der Waals surface area contributed by atoms with Crippen LogP contribution >= 0.6 is 0 Å². The summed E-state index contributed by atoms with van der Waals surface area (Å²) in [6.45, 7) is 0.850.